The van der Waals surface area contributed by atoms with Crippen LogP contribution in [0.1, 0.15) is 44.7 Å². The van der Waals surface area contributed by atoms with Crippen LogP contribution in [0.2, 0.25) is 0 Å². The van der Waals surface area contributed by atoms with Crippen LogP contribution in [0.5, 0.6) is 0 Å². The number of hydrogen-bond acceptors (Lipinski definition) is 5. The summed E-state index contributed by atoms with van der Waals surface area (Å²) < 4.78 is 26.8. The Morgan fingerprint density at radius 1 is 0.963 bits per heavy atom. The van der Waals surface area contributed by atoms with Crippen molar-refractivity contribution in [3.8, 4) is 0 Å². The molecule has 7 nitrogen and oxygen atoms in total. The molecule has 1 aliphatic heterocycles. The van der Waals surface area contributed by atoms with Crippen molar-refractivity contribution in [3.63, 3.8) is 0 Å². The third kappa shape index (κ3) is 2.60. The van der Waals surface area contributed by atoms with Gasteiger partial charge in [-0.2, -0.15) is 4.31 Å². The molecule has 1 atom stereocenters. The van der Waals surface area contributed by atoms with Crippen LogP contribution in [-0.2, 0) is 14.8 Å². The maximum atomic E-state index is 12.9. The first-order chi connectivity index (χ1) is 12.8. The summed E-state index contributed by atoms with van der Waals surface area (Å²) in [6.45, 7) is 0.103. The second-order valence-corrected chi connectivity index (χ2v) is 8.41. The van der Waals surface area contributed by atoms with Gasteiger partial charge in [-0.1, -0.05) is 24.3 Å². The van der Waals surface area contributed by atoms with Gasteiger partial charge in [-0.3, -0.25) is 14.4 Å². The first-order valence-electron chi connectivity index (χ1n) is 8.39. The van der Waals surface area contributed by atoms with Gasteiger partial charge in [0, 0.05) is 28.8 Å². The number of ketones is 2. The highest BCUT2D eigenvalue weighted by Gasteiger charge is 2.40. The fourth-order valence-electron chi connectivity index (χ4n) is 3.65. The molecule has 0 unspecified atom stereocenters. The summed E-state index contributed by atoms with van der Waals surface area (Å²) in [5.41, 5.74) is 0.685. The maximum absolute atomic E-state index is 12.9. The highest BCUT2D eigenvalue weighted by atomic mass is 32.2. The average molecular weight is 385 g/mol. The van der Waals surface area contributed by atoms with Crippen LogP contribution < -0.4 is 0 Å². The Labute approximate surface area is 155 Å². The van der Waals surface area contributed by atoms with Gasteiger partial charge in [0.25, 0.3) is 0 Å². The Hall–Kier alpha value is -2.84. The van der Waals surface area contributed by atoms with Crippen molar-refractivity contribution < 1.29 is 27.9 Å². The third-order valence-corrected chi connectivity index (χ3v) is 6.90. The Kier molecular flexibility index (Phi) is 3.97. The van der Waals surface area contributed by atoms with E-state index in [0.717, 1.165) is 4.31 Å². The zero-order chi connectivity index (χ0) is 19.3. The Morgan fingerprint density at radius 3 is 2.19 bits per heavy atom. The van der Waals surface area contributed by atoms with Crippen molar-refractivity contribution in [2.75, 3.05) is 6.54 Å². The molecule has 8 heteroatoms. The van der Waals surface area contributed by atoms with E-state index in [9.17, 15) is 27.9 Å². The van der Waals surface area contributed by atoms with Crippen LogP contribution in [0, 0.1) is 0 Å². The lowest BCUT2D eigenvalue weighted by Gasteiger charge is -2.22. The quantitative estimate of drug-likeness (QED) is 0.735. The lowest BCUT2D eigenvalue weighted by Crippen LogP contribution is -2.40. The standard InChI is InChI=1S/C19H15NO6S/c21-17-12-4-1-2-5-13(12)18(22)15-10-11(7-8-14(15)17)27(25,26)20-9-3-6-16(20)19(23)24/h1-2,4-5,7-8,10,16H,3,6,9H2,(H,23,24)/t16-/m0/s1. The molecular formula is C19H15NO6S. The van der Waals surface area contributed by atoms with Crippen LogP contribution >= 0.6 is 0 Å². The van der Waals surface area contributed by atoms with Gasteiger partial charge in [-0.25, -0.2) is 8.42 Å². The van der Waals surface area contributed by atoms with E-state index >= 15 is 0 Å². The molecule has 1 saturated heterocycles. The normalized spacial score (nSPS) is 19.6. The van der Waals surface area contributed by atoms with E-state index in [4.69, 9.17) is 0 Å². The van der Waals surface area contributed by atoms with Gasteiger partial charge in [0.2, 0.25) is 10.0 Å². The number of sulfonamides is 1. The van der Waals surface area contributed by atoms with Gasteiger partial charge in [0.1, 0.15) is 6.04 Å². The van der Waals surface area contributed by atoms with Crippen LogP contribution in [0.3, 0.4) is 0 Å². The van der Waals surface area contributed by atoms with E-state index in [1.165, 1.54) is 24.3 Å². The van der Waals surface area contributed by atoms with E-state index in [0.29, 0.717) is 6.42 Å². The van der Waals surface area contributed by atoms with E-state index in [-0.39, 0.29) is 45.9 Å². The van der Waals surface area contributed by atoms with E-state index < -0.39 is 27.8 Å². The van der Waals surface area contributed by atoms with Gasteiger partial charge in [-0.15, -0.1) is 0 Å². The number of nitrogens with zero attached hydrogens (tertiary/aromatic N) is 1. The van der Waals surface area contributed by atoms with Crippen LogP contribution in [0.15, 0.2) is 47.4 Å². The van der Waals surface area contributed by atoms with Gasteiger partial charge in [0.05, 0.1) is 4.90 Å². The van der Waals surface area contributed by atoms with Crippen molar-refractivity contribution in [1.29, 1.82) is 0 Å². The first-order valence-corrected chi connectivity index (χ1v) is 9.83. The number of fused-ring (bicyclic) bond motifs is 2. The molecule has 1 fully saturated rings. The van der Waals surface area contributed by atoms with Gasteiger partial charge in [-0.05, 0) is 31.0 Å². The van der Waals surface area contributed by atoms with E-state index in [1.54, 1.807) is 18.2 Å². The minimum atomic E-state index is -4.10. The van der Waals surface area contributed by atoms with Gasteiger partial charge in [0.15, 0.2) is 11.6 Å². The van der Waals surface area contributed by atoms with Crippen LogP contribution in [-0.4, -0.2) is 48.0 Å². The number of carboxylic acid groups (broad SMARTS) is 1. The Balaban J connectivity index is 1.81. The zero-order valence-corrected chi connectivity index (χ0v) is 14.9. The number of aliphatic carboxylic acids is 1. The van der Waals surface area contributed by atoms with Crippen LogP contribution in [0.4, 0.5) is 0 Å². The summed E-state index contributed by atoms with van der Waals surface area (Å²) >= 11 is 0. The average Bonchev–Trinajstić information content (AvgIpc) is 3.17. The van der Waals surface area contributed by atoms with Crippen molar-refractivity contribution in [3.05, 3.63) is 64.7 Å². The number of benzene rings is 2. The molecule has 2 aliphatic rings. The van der Waals surface area contributed by atoms with E-state index in [2.05, 4.69) is 0 Å². The number of carboxylic acids is 1. The third-order valence-electron chi connectivity index (χ3n) is 4.99. The minimum absolute atomic E-state index is 0.0193. The fraction of sp³-hybridized carbons (Fsp3) is 0.211. The summed E-state index contributed by atoms with van der Waals surface area (Å²) in [7, 11) is -4.10. The Bertz CT molecular complexity index is 1100. The van der Waals surface area contributed by atoms with Gasteiger partial charge >= 0.3 is 5.97 Å². The molecule has 0 amide bonds. The van der Waals surface area contributed by atoms with Crippen LogP contribution in [0.25, 0.3) is 0 Å². The molecule has 0 radical (unpaired) electrons. The minimum Gasteiger partial charge on any atom is -0.480 e. The topological polar surface area (TPSA) is 109 Å². The molecule has 2 aromatic carbocycles. The summed E-state index contributed by atoms with van der Waals surface area (Å²) in [5, 5.41) is 9.27. The van der Waals surface area contributed by atoms with Crippen molar-refractivity contribution in [2.45, 2.75) is 23.8 Å². The van der Waals surface area contributed by atoms with Crippen molar-refractivity contribution in [1.82, 2.24) is 4.31 Å². The number of carbonyl (C=O) groups is 3. The van der Waals surface area contributed by atoms with E-state index in [1.807, 2.05) is 0 Å². The molecule has 0 aromatic heterocycles. The molecule has 0 spiro atoms. The molecule has 1 aliphatic carbocycles. The number of carbonyl (C=O) groups excluding carboxylic acids is 2. The highest BCUT2D eigenvalue weighted by molar-refractivity contribution is 7.89. The second kappa shape index (κ2) is 6.11. The predicted molar refractivity (Wildman–Crippen MR) is 94.3 cm³/mol. The van der Waals surface area contributed by atoms with Crippen molar-refractivity contribution >= 4 is 27.6 Å². The molecule has 138 valence electrons. The smallest absolute Gasteiger partial charge is 0.322 e. The summed E-state index contributed by atoms with van der Waals surface area (Å²) in [6, 6.07) is 9.02. The molecule has 0 bridgehead atoms. The van der Waals surface area contributed by atoms with Crippen molar-refractivity contribution in [2.24, 2.45) is 0 Å². The summed E-state index contributed by atoms with van der Waals surface area (Å²) in [6.07, 6.45) is 0.691. The monoisotopic (exact) mass is 385 g/mol. The highest BCUT2D eigenvalue weighted by Crippen LogP contribution is 2.31. The maximum Gasteiger partial charge on any atom is 0.322 e. The summed E-state index contributed by atoms with van der Waals surface area (Å²) in [4.78, 5) is 36.6. The number of rotatable bonds is 3. The second-order valence-electron chi connectivity index (χ2n) is 6.52. The SMILES string of the molecule is O=C1c2ccccc2C(=O)c2cc(S(=O)(=O)N3CCC[C@H]3C(=O)O)ccc21. The molecule has 1 N–H and O–H groups in total. The zero-order valence-electron chi connectivity index (χ0n) is 14.1. The number of hydrogen-bond donors (Lipinski definition) is 1. The first kappa shape index (κ1) is 17.6. The molecular weight excluding hydrogens is 370 g/mol. The molecule has 0 saturated carbocycles. The summed E-state index contributed by atoms with van der Waals surface area (Å²) in [5.74, 6) is -1.96. The molecule has 2 aromatic rings. The largest absolute Gasteiger partial charge is 0.480 e. The molecule has 4 rings (SSSR count). The predicted octanol–water partition coefficient (Wildman–Crippen LogP) is 1.70. The fourth-order valence-corrected chi connectivity index (χ4v) is 5.33. The lowest BCUT2D eigenvalue weighted by atomic mass is 9.84. The Morgan fingerprint density at radius 2 is 1.56 bits per heavy atom. The lowest BCUT2D eigenvalue weighted by molar-refractivity contribution is -0.140. The van der Waals surface area contributed by atoms with Gasteiger partial charge < -0.3 is 5.11 Å². The molecule has 27 heavy (non-hydrogen) atoms. The molecule has 1 heterocycles.